The molecule has 1 aliphatic rings. The van der Waals surface area contributed by atoms with Gasteiger partial charge in [0.1, 0.15) is 5.75 Å². The highest BCUT2D eigenvalue weighted by Gasteiger charge is 2.25. The van der Waals surface area contributed by atoms with Gasteiger partial charge in [0.05, 0.1) is 17.8 Å². The molecule has 0 aliphatic carbocycles. The second kappa shape index (κ2) is 8.89. The summed E-state index contributed by atoms with van der Waals surface area (Å²) in [5.74, 6) is 0.966. The van der Waals surface area contributed by atoms with E-state index in [1.807, 2.05) is 18.2 Å². The second-order valence-corrected chi connectivity index (χ2v) is 7.85. The van der Waals surface area contributed by atoms with Crippen molar-refractivity contribution in [3.63, 3.8) is 0 Å². The summed E-state index contributed by atoms with van der Waals surface area (Å²) in [5.41, 5.74) is 7.11. The van der Waals surface area contributed by atoms with E-state index in [4.69, 9.17) is 16.3 Å². The van der Waals surface area contributed by atoms with Crippen molar-refractivity contribution in [2.45, 2.75) is 33.0 Å². The van der Waals surface area contributed by atoms with Crippen LogP contribution in [0.2, 0.25) is 5.02 Å². The largest absolute Gasteiger partial charge is 0.496 e. The Labute approximate surface area is 178 Å². The van der Waals surface area contributed by atoms with Crippen LogP contribution in [0.3, 0.4) is 0 Å². The first kappa shape index (κ1) is 19.8. The van der Waals surface area contributed by atoms with Crippen LogP contribution in [0.15, 0.2) is 60.7 Å². The van der Waals surface area contributed by atoms with E-state index < -0.39 is 0 Å². The minimum atomic E-state index is 0.801. The lowest BCUT2D eigenvalue weighted by Crippen LogP contribution is -2.15. The fraction of sp³-hybridized carbons (Fsp3) is 0.280. The van der Waals surface area contributed by atoms with Crippen molar-refractivity contribution >= 4 is 17.3 Å². The third-order valence-electron chi connectivity index (χ3n) is 5.45. The van der Waals surface area contributed by atoms with Crippen LogP contribution in [0.1, 0.15) is 30.0 Å². The molecule has 29 heavy (non-hydrogen) atoms. The standard InChI is InChI=1S/C25H27ClN2O/c1-3-12-27-15-18-13-20-16-28(17-22(20)24(14-18)29-2)23-11-7-10-21(25(23)26)19-8-5-4-6-9-19/h4-11,13-14,27H,3,12,15-17H2,1-2H3. The van der Waals surface area contributed by atoms with Crippen molar-refractivity contribution in [1.82, 2.24) is 5.32 Å². The Bertz CT molecular complexity index is 988. The molecule has 1 N–H and O–H groups in total. The van der Waals surface area contributed by atoms with E-state index in [1.54, 1.807) is 7.11 Å². The molecule has 150 valence electrons. The van der Waals surface area contributed by atoms with Crippen LogP contribution in [0, 0.1) is 0 Å². The van der Waals surface area contributed by atoms with Gasteiger partial charge in [0.25, 0.3) is 0 Å². The van der Waals surface area contributed by atoms with E-state index in [9.17, 15) is 0 Å². The van der Waals surface area contributed by atoms with Crippen molar-refractivity contribution in [3.8, 4) is 16.9 Å². The fourth-order valence-electron chi connectivity index (χ4n) is 4.01. The first-order chi connectivity index (χ1) is 14.2. The van der Waals surface area contributed by atoms with Crippen LogP contribution in [0.4, 0.5) is 5.69 Å². The Kier molecular flexibility index (Phi) is 6.08. The predicted octanol–water partition coefficient (Wildman–Crippen LogP) is 6.04. The van der Waals surface area contributed by atoms with Gasteiger partial charge in [-0.3, -0.25) is 0 Å². The molecule has 0 fully saturated rings. The summed E-state index contributed by atoms with van der Waals surface area (Å²) in [6.07, 6.45) is 1.13. The highest BCUT2D eigenvalue weighted by molar-refractivity contribution is 6.36. The fourth-order valence-corrected chi connectivity index (χ4v) is 4.36. The number of anilines is 1. The maximum absolute atomic E-state index is 6.87. The van der Waals surface area contributed by atoms with Crippen LogP contribution >= 0.6 is 11.6 Å². The number of methoxy groups -OCH3 is 1. The topological polar surface area (TPSA) is 24.5 Å². The number of nitrogens with one attached hydrogen (secondary N) is 1. The molecular formula is C25H27ClN2O. The van der Waals surface area contributed by atoms with E-state index in [2.05, 4.69) is 59.6 Å². The lowest BCUT2D eigenvalue weighted by atomic mass is 10.0. The quantitative estimate of drug-likeness (QED) is 0.484. The minimum Gasteiger partial charge on any atom is -0.496 e. The average Bonchev–Trinajstić information content (AvgIpc) is 3.18. The van der Waals surface area contributed by atoms with E-state index in [0.29, 0.717) is 0 Å². The molecule has 0 aromatic heterocycles. The molecule has 0 atom stereocenters. The van der Waals surface area contributed by atoms with Crippen LogP contribution < -0.4 is 15.0 Å². The van der Waals surface area contributed by atoms with Crippen LogP contribution in [-0.2, 0) is 19.6 Å². The summed E-state index contributed by atoms with van der Waals surface area (Å²) < 4.78 is 5.72. The third-order valence-corrected chi connectivity index (χ3v) is 5.85. The first-order valence-corrected chi connectivity index (χ1v) is 10.6. The molecule has 0 spiro atoms. The zero-order valence-electron chi connectivity index (χ0n) is 17.0. The van der Waals surface area contributed by atoms with Gasteiger partial charge in [-0.25, -0.2) is 0 Å². The number of ether oxygens (including phenoxy) is 1. The summed E-state index contributed by atoms with van der Waals surface area (Å²) in [6.45, 7) is 5.71. The molecule has 0 radical (unpaired) electrons. The Morgan fingerprint density at radius 1 is 1.03 bits per heavy atom. The second-order valence-electron chi connectivity index (χ2n) is 7.47. The van der Waals surface area contributed by atoms with Gasteiger partial charge in [0, 0.05) is 30.8 Å². The van der Waals surface area contributed by atoms with Gasteiger partial charge < -0.3 is 15.0 Å². The molecule has 4 rings (SSSR count). The Hall–Kier alpha value is -2.49. The van der Waals surface area contributed by atoms with E-state index in [1.165, 1.54) is 16.7 Å². The molecule has 3 aromatic carbocycles. The molecule has 0 saturated carbocycles. The maximum atomic E-state index is 6.87. The number of fused-ring (bicyclic) bond motifs is 1. The van der Waals surface area contributed by atoms with Gasteiger partial charge in [0.2, 0.25) is 0 Å². The van der Waals surface area contributed by atoms with Crippen LogP contribution in [-0.4, -0.2) is 13.7 Å². The number of rotatable bonds is 7. The molecule has 0 saturated heterocycles. The first-order valence-electron chi connectivity index (χ1n) is 10.2. The van der Waals surface area contributed by atoms with Crippen molar-refractivity contribution in [3.05, 3.63) is 82.4 Å². The Balaban J connectivity index is 1.63. The number of nitrogens with zero attached hydrogens (tertiary/aromatic N) is 1. The molecule has 3 nitrogen and oxygen atoms in total. The number of hydrogen-bond acceptors (Lipinski definition) is 3. The van der Waals surface area contributed by atoms with Gasteiger partial charge in [-0.2, -0.15) is 0 Å². The van der Waals surface area contributed by atoms with Gasteiger partial charge in [0.15, 0.2) is 0 Å². The molecular weight excluding hydrogens is 380 g/mol. The van der Waals surface area contributed by atoms with Crippen molar-refractivity contribution in [2.24, 2.45) is 0 Å². The number of benzene rings is 3. The Morgan fingerprint density at radius 3 is 2.62 bits per heavy atom. The summed E-state index contributed by atoms with van der Waals surface area (Å²) >= 11 is 6.87. The molecule has 0 unspecified atom stereocenters. The zero-order chi connectivity index (χ0) is 20.2. The SMILES string of the molecule is CCCNCc1cc2c(c(OC)c1)CN(c1cccc(-c3ccccc3)c1Cl)C2. The monoisotopic (exact) mass is 406 g/mol. The van der Waals surface area contributed by atoms with E-state index in [-0.39, 0.29) is 0 Å². The lowest BCUT2D eigenvalue weighted by Gasteiger charge is -2.21. The summed E-state index contributed by atoms with van der Waals surface area (Å²) in [6, 6.07) is 21.1. The summed E-state index contributed by atoms with van der Waals surface area (Å²) in [7, 11) is 1.75. The van der Waals surface area contributed by atoms with E-state index in [0.717, 1.165) is 60.2 Å². The Morgan fingerprint density at radius 2 is 1.86 bits per heavy atom. The molecule has 3 aromatic rings. The van der Waals surface area contributed by atoms with Gasteiger partial charge in [-0.15, -0.1) is 0 Å². The third kappa shape index (κ3) is 4.12. The highest BCUT2D eigenvalue weighted by atomic mass is 35.5. The predicted molar refractivity (Wildman–Crippen MR) is 122 cm³/mol. The molecule has 1 heterocycles. The lowest BCUT2D eigenvalue weighted by molar-refractivity contribution is 0.409. The van der Waals surface area contributed by atoms with Crippen molar-refractivity contribution < 1.29 is 4.74 Å². The van der Waals surface area contributed by atoms with Crippen molar-refractivity contribution in [2.75, 3.05) is 18.6 Å². The van der Waals surface area contributed by atoms with E-state index >= 15 is 0 Å². The molecule has 4 heteroatoms. The average molecular weight is 407 g/mol. The summed E-state index contributed by atoms with van der Waals surface area (Å²) in [5, 5.41) is 4.28. The van der Waals surface area contributed by atoms with Crippen LogP contribution in [0.25, 0.3) is 11.1 Å². The molecule has 1 aliphatic heterocycles. The normalized spacial score (nSPS) is 12.9. The van der Waals surface area contributed by atoms with Gasteiger partial charge >= 0.3 is 0 Å². The van der Waals surface area contributed by atoms with Gasteiger partial charge in [-0.1, -0.05) is 67.1 Å². The van der Waals surface area contributed by atoms with Crippen molar-refractivity contribution in [1.29, 1.82) is 0 Å². The smallest absolute Gasteiger partial charge is 0.124 e. The summed E-state index contributed by atoms with van der Waals surface area (Å²) in [4.78, 5) is 2.34. The maximum Gasteiger partial charge on any atom is 0.124 e. The zero-order valence-corrected chi connectivity index (χ0v) is 17.8. The number of hydrogen-bond donors (Lipinski definition) is 1. The number of halogens is 1. The highest BCUT2D eigenvalue weighted by Crippen LogP contribution is 2.41. The van der Waals surface area contributed by atoms with Gasteiger partial charge in [-0.05, 0) is 41.8 Å². The molecule has 0 amide bonds. The van der Waals surface area contributed by atoms with Crippen LogP contribution in [0.5, 0.6) is 5.75 Å². The molecule has 0 bridgehead atoms. The minimum absolute atomic E-state index is 0.801.